The van der Waals surface area contributed by atoms with Crippen LogP contribution in [0.3, 0.4) is 0 Å². The van der Waals surface area contributed by atoms with Crippen LogP contribution in [-0.2, 0) is 17.6 Å². The van der Waals surface area contributed by atoms with Crippen molar-refractivity contribution in [3.63, 3.8) is 0 Å². The zero-order valence-electron chi connectivity index (χ0n) is 8.99. The fourth-order valence-corrected chi connectivity index (χ4v) is 1.55. The van der Waals surface area contributed by atoms with Gasteiger partial charge in [-0.1, -0.05) is 44.5 Å². The van der Waals surface area contributed by atoms with Gasteiger partial charge in [0.25, 0.3) is 0 Å². The summed E-state index contributed by atoms with van der Waals surface area (Å²) in [6.45, 7) is 4.13. The van der Waals surface area contributed by atoms with Gasteiger partial charge in [0, 0.05) is 5.92 Å². The van der Waals surface area contributed by atoms with Gasteiger partial charge in [-0.3, -0.25) is 0 Å². The van der Waals surface area contributed by atoms with Crippen LogP contribution in [0.2, 0.25) is 0 Å². The summed E-state index contributed by atoms with van der Waals surface area (Å²) in [5.74, 6) is 0.132. The summed E-state index contributed by atoms with van der Waals surface area (Å²) in [5, 5.41) is 0. The van der Waals surface area contributed by atoms with Gasteiger partial charge in [-0.15, -0.1) is 0 Å². The number of carbonyl (C=O) groups excluding carboxylic acids is 1. The Morgan fingerprint density at radius 3 is 2.29 bits per heavy atom. The molecule has 0 radical (unpaired) electrons. The Balaban J connectivity index is 2.59. The Morgan fingerprint density at radius 1 is 1.21 bits per heavy atom. The summed E-state index contributed by atoms with van der Waals surface area (Å²) in [7, 11) is 0. The average Bonchev–Trinajstić information content (AvgIpc) is 2.21. The summed E-state index contributed by atoms with van der Waals surface area (Å²) < 4.78 is 0. The van der Waals surface area contributed by atoms with Crippen molar-refractivity contribution in [2.45, 2.75) is 33.1 Å². The summed E-state index contributed by atoms with van der Waals surface area (Å²) in [6, 6.07) is 8.59. The number of hydrogen-bond acceptors (Lipinski definition) is 1. The highest BCUT2D eigenvalue weighted by molar-refractivity contribution is 5.53. The molecule has 0 aliphatic rings. The number of carbonyl (C=O) groups is 1. The van der Waals surface area contributed by atoms with Crippen LogP contribution in [0.1, 0.15) is 31.4 Å². The third-order valence-electron chi connectivity index (χ3n) is 2.35. The molecule has 1 nitrogen and oxygen atoms in total. The summed E-state index contributed by atoms with van der Waals surface area (Å²) in [6.07, 6.45) is 4.20. The van der Waals surface area contributed by atoms with Crippen LogP contribution in [0, 0.1) is 5.92 Å². The maximum Gasteiger partial charge on any atom is 0.123 e. The lowest BCUT2D eigenvalue weighted by molar-refractivity contribution is -0.110. The lowest BCUT2D eigenvalue weighted by Crippen LogP contribution is -2.00. The summed E-state index contributed by atoms with van der Waals surface area (Å²) >= 11 is 0. The highest BCUT2D eigenvalue weighted by atomic mass is 16.1. The van der Waals surface area contributed by atoms with E-state index in [-0.39, 0.29) is 5.92 Å². The van der Waals surface area contributed by atoms with Crippen molar-refractivity contribution >= 4 is 6.29 Å². The zero-order chi connectivity index (χ0) is 10.4. The first-order valence-electron chi connectivity index (χ1n) is 5.29. The van der Waals surface area contributed by atoms with Crippen molar-refractivity contribution in [2.75, 3.05) is 0 Å². The Bertz CT molecular complexity index is 274. The fraction of sp³-hybridized carbons (Fsp3) is 0.462. The maximum absolute atomic E-state index is 10.5. The largest absolute Gasteiger partial charge is 0.303 e. The molecule has 1 aromatic rings. The van der Waals surface area contributed by atoms with Crippen LogP contribution in [0.15, 0.2) is 24.3 Å². The van der Waals surface area contributed by atoms with Crippen molar-refractivity contribution in [2.24, 2.45) is 5.92 Å². The van der Waals surface area contributed by atoms with E-state index in [0.29, 0.717) is 0 Å². The second-order valence-electron chi connectivity index (χ2n) is 3.88. The first-order valence-corrected chi connectivity index (χ1v) is 5.29. The topological polar surface area (TPSA) is 17.1 Å². The lowest BCUT2D eigenvalue weighted by Gasteiger charge is -2.05. The second-order valence-corrected chi connectivity index (χ2v) is 3.88. The molecule has 0 spiro atoms. The standard InChI is InChI=1S/C13H18O/c1-3-4-12-5-7-13(8-6-12)9-11(2)10-14/h5-8,10-11H,3-4,9H2,1-2H3/t11-/m0/s1. The van der Waals surface area contributed by atoms with Gasteiger partial charge in [0.15, 0.2) is 0 Å². The molecule has 0 heterocycles. The van der Waals surface area contributed by atoms with Gasteiger partial charge in [-0.05, 0) is 24.0 Å². The van der Waals surface area contributed by atoms with E-state index in [2.05, 4.69) is 31.2 Å². The fourth-order valence-electron chi connectivity index (χ4n) is 1.55. The SMILES string of the molecule is CCCc1ccc(C[C@H](C)C=O)cc1. The highest BCUT2D eigenvalue weighted by Gasteiger charge is 2.01. The molecule has 0 saturated heterocycles. The van der Waals surface area contributed by atoms with Gasteiger partial charge in [0.1, 0.15) is 6.29 Å². The van der Waals surface area contributed by atoms with Crippen molar-refractivity contribution in [1.82, 2.24) is 0 Å². The summed E-state index contributed by atoms with van der Waals surface area (Å²) in [4.78, 5) is 10.5. The molecule has 14 heavy (non-hydrogen) atoms. The van der Waals surface area contributed by atoms with Crippen LogP contribution in [0.5, 0.6) is 0 Å². The van der Waals surface area contributed by atoms with E-state index < -0.39 is 0 Å². The van der Waals surface area contributed by atoms with Crippen molar-refractivity contribution in [1.29, 1.82) is 0 Å². The Labute approximate surface area is 86.1 Å². The number of aryl methyl sites for hydroxylation is 1. The second kappa shape index (κ2) is 5.58. The zero-order valence-corrected chi connectivity index (χ0v) is 8.99. The average molecular weight is 190 g/mol. The number of aldehydes is 1. The molecule has 0 fully saturated rings. The molecule has 0 aliphatic heterocycles. The molecule has 0 N–H and O–H groups in total. The van der Waals surface area contributed by atoms with Gasteiger partial charge in [0.05, 0.1) is 0 Å². The minimum atomic E-state index is 0.132. The van der Waals surface area contributed by atoms with Gasteiger partial charge in [-0.25, -0.2) is 0 Å². The highest BCUT2D eigenvalue weighted by Crippen LogP contribution is 2.10. The minimum absolute atomic E-state index is 0.132. The molecule has 0 bridgehead atoms. The predicted octanol–water partition coefficient (Wildman–Crippen LogP) is 3.02. The van der Waals surface area contributed by atoms with Gasteiger partial charge in [-0.2, -0.15) is 0 Å². The van der Waals surface area contributed by atoms with E-state index >= 15 is 0 Å². The van der Waals surface area contributed by atoms with Gasteiger partial charge in [0.2, 0.25) is 0 Å². The molecular weight excluding hydrogens is 172 g/mol. The lowest BCUT2D eigenvalue weighted by atomic mass is 10.0. The van der Waals surface area contributed by atoms with E-state index in [1.165, 1.54) is 17.5 Å². The minimum Gasteiger partial charge on any atom is -0.303 e. The smallest absolute Gasteiger partial charge is 0.123 e. The van der Waals surface area contributed by atoms with Gasteiger partial charge >= 0.3 is 0 Å². The quantitative estimate of drug-likeness (QED) is 0.652. The van der Waals surface area contributed by atoms with E-state index in [4.69, 9.17) is 0 Å². The van der Waals surface area contributed by atoms with Crippen molar-refractivity contribution in [3.8, 4) is 0 Å². The van der Waals surface area contributed by atoms with Gasteiger partial charge < -0.3 is 4.79 Å². The first-order chi connectivity index (χ1) is 6.76. The monoisotopic (exact) mass is 190 g/mol. The normalized spacial score (nSPS) is 12.4. The molecule has 0 saturated carbocycles. The van der Waals surface area contributed by atoms with E-state index in [1.807, 2.05) is 6.92 Å². The molecule has 0 unspecified atom stereocenters. The van der Waals surface area contributed by atoms with Crippen LogP contribution in [0.25, 0.3) is 0 Å². The van der Waals surface area contributed by atoms with Crippen LogP contribution < -0.4 is 0 Å². The Hall–Kier alpha value is -1.11. The Morgan fingerprint density at radius 2 is 1.79 bits per heavy atom. The van der Waals surface area contributed by atoms with E-state index in [9.17, 15) is 4.79 Å². The molecule has 0 aliphatic carbocycles. The third-order valence-corrected chi connectivity index (χ3v) is 2.35. The maximum atomic E-state index is 10.5. The molecule has 1 rings (SSSR count). The molecular formula is C13H18O. The molecule has 0 amide bonds. The first kappa shape index (κ1) is 11.0. The molecule has 1 aromatic carbocycles. The van der Waals surface area contributed by atoms with Crippen molar-refractivity contribution < 1.29 is 4.79 Å². The molecule has 1 atom stereocenters. The van der Waals surface area contributed by atoms with Crippen LogP contribution >= 0.6 is 0 Å². The van der Waals surface area contributed by atoms with Crippen LogP contribution in [-0.4, -0.2) is 6.29 Å². The molecule has 1 heteroatoms. The third kappa shape index (κ3) is 3.33. The van der Waals surface area contributed by atoms with E-state index in [1.54, 1.807) is 0 Å². The molecule has 76 valence electrons. The van der Waals surface area contributed by atoms with E-state index in [0.717, 1.165) is 19.1 Å². The van der Waals surface area contributed by atoms with Crippen LogP contribution in [0.4, 0.5) is 0 Å². The molecule has 0 aromatic heterocycles. The summed E-state index contributed by atoms with van der Waals surface area (Å²) in [5.41, 5.74) is 2.64. The number of rotatable bonds is 5. The Kier molecular flexibility index (Phi) is 4.37. The predicted molar refractivity (Wildman–Crippen MR) is 59.4 cm³/mol. The number of benzene rings is 1. The van der Waals surface area contributed by atoms with Crippen molar-refractivity contribution in [3.05, 3.63) is 35.4 Å². The number of hydrogen-bond donors (Lipinski definition) is 0.